The van der Waals surface area contributed by atoms with Crippen molar-refractivity contribution in [2.45, 2.75) is 39.7 Å². The van der Waals surface area contributed by atoms with E-state index in [1.165, 1.54) is 0 Å². The van der Waals surface area contributed by atoms with Crippen LogP contribution in [0.5, 0.6) is 5.75 Å². The molecule has 1 amide bonds. The number of nitrogens with one attached hydrogen (secondary N) is 1. The molecule has 1 atom stereocenters. The van der Waals surface area contributed by atoms with Crippen LogP contribution in [0, 0.1) is 20.8 Å². The maximum absolute atomic E-state index is 12.1. The SMILES string of the molecule is COc1c(C)cc(NC(=O)C2CCCO2)c(C)c1C. The van der Waals surface area contributed by atoms with E-state index in [4.69, 9.17) is 9.47 Å². The standard InChI is InChI=1S/C15H21NO3/c1-9-8-12(10(2)11(3)14(9)18-4)16-15(17)13-6-5-7-19-13/h8,13H,5-7H2,1-4H3,(H,16,17). The van der Waals surface area contributed by atoms with Gasteiger partial charge in [0, 0.05) is 12.3 Å². The molecule has 2 rings (SSSR count). The van der Waals surface area contributed by atoms with Crippen LogP contribution in [0.1, 0.15) is 29.5 Å². The van der Waals surface area contributed by atoms with Gasteiger partial charge < -0.3 is 14.8 Å². The maximum Gasteiger partial charge on any atom is 0.253 e. The van der Waals surface area contributed by atoms with Crippen molar-refractivity contribution in [1.29, 1.82) is 0 Å². The largest absolute Gasteiger partial charge is 0.496 e. The highest BCUT2D eigenvalue weighted by molar-refractivity contribution is 5.95. The number of carbonyl (C=O) groups excluding carboxylic acids is 1. The fourth-order valence-corrected chi connectivity index (χ4v) is 2.50. The minimum absolute atomic E-state index is 0.0513. The van der Waals surface area contributed by atoms with E-state index in [2.05, 4.69) is 5.32 Å². The second kappa shape index (κ2) is 5.61. The van der Waals surface area contributed by atoms with Crippen molar-refractivity contribution < 1.29 is 14.3 Å². The lowest BCUT2D eigenvalue weighted by molar-refractivity contribution is -0.124. The minimum Gasteiger partial charge on any atom is -0.496 e. The molecule has 0 bridgehead atoms. The summed E-state index contributed by atoms with van der Waals surface area (Å²) < 4.78 is 10.8. The van der Waals surface area contributed by atoms with Gasteiger partial charge in [-0.2, -0.15) is 0 Å². The van der Waals surface area contributed by atoms with Gasteiger partial charge in [-0.05, 0) is 56.4 Å². The van der Waals surface area contributed by atoms with Gasteiger partial charge in [-0.1, -0.05) is 0 Å². The van der Waals surface area contributed by atoms with Crippen molar-refractivity contribution in [1.82, 2.24) is 0 Å². The van der Waals surface area contributed by atoms with Gasteiger partial charge in [0.1, 0.15) is 11.9 Å². The summed E-state index contributed by atoms with van der Waals surface area (Å²) in [7, 11) is 1.67. The topological polar surface area (TPSA) is 47.6 Å². The predicted octanol–water partition coefficient (Wildman–Crippen LogP) is 2.74. The van der Waals surface area contributed by atoms with Gasteiger partial charge >= 0.3 is 0 Å². The molecule has 1 aliphatic heterocycles. The summed E-state index contributed by atoms with van der Waals surface area (Å²) in [5.74, 6) is 0.831. The van der Waals surface area contributed by atoms with Gasteiger partial charge in [-0.25, -0.2) is 0 Å². The molecule has 0 radical (unpaired) electrons. The number of rotatable bonds is 3. The Morgan fingerprint density at radius 2 is 2.11 bits per heavy atom. The fraction of sp³-hybridized carbons (Fsp3) is 0.533. The van der Waals surface area contributed by atoms with Crippen LogP contribution in [0.3, 0.4) is 0 Å². The van der Waals surface area contributed by atoms with Crippen molar-refractivity contribution >= 4 is 11.6 Å². The van der Waals surface area contributed by atoms with Crippen LogP contribution in [-0.4, -0.2) is 25.7 Å². The number of ether oxygens (including phenoxy) is 2. The van der Waals surface area contributed by atoms with E-state index in [-0.39, 0.29) is 12.0 Å². The van der Waals surface area contributed by atoms with Crippen LogP contribution in [-0.2, 0) is 9.53 Å². The van der Waals surface area contributed by atoms with Crippen LogP contribution in [0.15, 0.2) is 6.07 Å². The molecule has 1 fully saturated rings. The average molecular weight is 263 g/mol. The fourth-order valence-electron chi connectivity index (χ4n) is 2.50. The highest BCUT2D eigenvalue weighted by atomic mass is 16.5. The molecule has 19 heavy (non-hydrogen) atoms. The normalized spacial score (nSPS) is 18.4. The molecule has 104 valence electrons. The van der Waals surface area contributed by atoms with Crippen LogP contribution in [0.25, 0.3) is 0 Å². The molecule has 4 nitrogen and oxygen atoms in total. The Labute approximate surface area is 114 Å². The number of hydrogen-bond donors (Lipinski definition) is 1. The Bertz CT molecular complexity index is 491. The number of amides is 1. The number of methoxy groups -OCH3 is 1. The summed E-state index contributed by atoms with van der Waals surface area (Å²) in [5.41, 5.74) is 3.96. The van der Waals surface area contributed by atoms with Crippen molar-refractivity contribution in [2.24, 2.45) is 0 Å². The Morgan fingerprint density at radius 1 is 1.37 bits per heavy atom. The molecular weight excluding hydrogens is 242 g/mol. The molecule has 1 aromatic carbocycles. The second-order valence-electron chi connectivity index (χ2n) is 5.02. The van der Waals surface area contributed by atoms with E-state index in [9.17, 15) is 4.79 Å². The number of aryl methyl sites for hydroxylation is 1. The molecule has 0 saturated carbocycles. The first-order valence-electron chi connectivity index (χ1n) is 6.62. The van der Waals surface area contributed by atoms with Gasteiger partial charge in [0.15, 0.2) is 0 Å². The average Bonchev–Trinajstić information content (AvgIpc) is 2.90. The molecule has 0 spiro atoms. The van der Waals surface area contributed by atoms with Crippen LogP contribution >= 0.6 is 0 Å². The molecule has 1 unspecified atom stereocenters. The number of benzene rings is 1. The first-order valence-corrected chi connectivity index (χ1v) is 6.62. The zero-order valence-electron chi connectivity index (χ0n) is 12.0. The van der Waals surface area contributed by atoms with Gasteiger partial charge in [0.2, 0.25) is 0 Å². The van der Waals surface area contributed by atoms with E-state index < -0.39 is 0 Å². The first kappa shape index (κ1) is 13.9. The summed E-state index contributed by atoms with van der Waals surface area (Å²) >= 11 is 0. The van der Waals surface area contributed by atoms with Crippen molar-refractivity contribution in [3.63, 3.8) is 0 Å². The van der Waals surface area contributed by atoms with Gasteiger partial charge in [-0.3, -0.25) is 4.79 Å². The smallest absolute Gasteiger partial charge is 0.253 e. The molecule has 0 aromatic heterocycles. The van der Waals surface area contributed by atoms with Crippen molar-refractivity contribution in [3.05, 3.63) is 22.8 Å². The molecule has 1 N–H and O–H groups in total. The van der Waals surface area contributed by atoms with E-state index in [1.807, 2.05) is 26.8 Å². The Morgan fingerprint density at radius 3 is 2.68 bits per heavy atom. The molecule has 0 aliphatic carbocycles. The second-order valence-corrected chi connectivity index (χ2v) is 5.02. The quantitative estimate of drug-likeness (QED) is 0.912. The summed E-state index contributed by atoms with van der Waals surface area (Å²) in [4.78, 5) is 12.1. The van der Waals surface area contributed by atoms with Gasteiger partial charge in [-0.15, -0.1) is 0 Å². The Balaban J connectivity index is 2.23. The highest BCUT2D eigenvalue weighted by Crippen LogP contribution is 2.31. The van der Waals surface area contributed by atoms with E-state index in [0.29, 0.717) is 6.61 Å². The number of anilines is 1. The number of carbonyl (C=O) groups is 1. The molecule has 1 saturated heterocycles. The molecule has 1 aliphatic rings. The Hall–Kier alpha value is -1.55. The zero-order chi connectivity index (χ0) is 14.0. The van der Waals surface area contributed by atoms with E-state index in [0.717, 1.165) is 41.0 Å². The third kappa shape index (κ3) is 2.73. The predicted molar refractivity (Wildman–Crippen MR) is 74.8 cm³/mol. The van der Waals surface area contributed by atoms with E-state index >= 15 is 0 Å². The summed E-state index contributed by atoms with van der Waals surface area (Å²) in [6.45, 7) is 6.65. The van der Waals surface area contributed by atoms with Gasteiger partial charge in [0.05, 0.1) is 7.11 Å². The van der Waals surface area contributed by atoms with Crippen LogP contribution in [0.2, 0.25) is 0 Å². The van der Waals surface area contributed by atoms with Gasteiger partial charge in [0.25, 0.3) is 5.91 Å². The summed E-state index contributed by atoms with van der Waals surface area (Å²) in [6.07, 6.45) is 1.46. The third-order valence-electron chi connectivity index (χ3n) is 3.71. The lowest BCUT2D eigenvalue weighted by Crippen LogP contribution is -2.27. The summed E-state index contributed by atoms with van der Waals surface area (Å²) in [5, 5.41) is 2.97. The zero-order valence-corrected chi connectivity index (χ0v) is 12.0. The monoisotopic (exact) mass is 263 g/mol. The van der Waals surface area contributed by atoms with Crippen molar-refractivity contribution in [2.75, 3.05) is 19.0 Å². The van der Waals surface area contributed by atoms with Crippen molar-refractivity contribution in [3.8, 4) is 5.75 Å². The molecule has 1 heterocycles. The number of hydrogen-bond acceptors (Lipinski definition) is 3. The molecule has 1 aromatic rings. The van der Waals surface area contributed by atoms with E-state index in [1.54, 1.807) is 7.11 Å². The van der Waals surface area contributed by atoms with Crippen LogP contribution in [0.4, 0.5) is 5.69 Å². The maximum atomic E-state index is 12.1. The Kier molecular flexibility index (Phi) is 4.10. The molecule has 4 heteroatoms. The highest BCUT2D eigenvalue weighted by Gasteiger charge is 2.24. The lowest BCUT2D eigenvalue weighted by Gasteiger charge is -2.17. The lowest BCUT2D eigenvalue weighted by atomic mass is 10.0. The summed E-state index contributed by atoms with van der Waals surface area (Å²) in [6, 6.07) is 1.95. The minimum atomic E-state index is -0.304. The third-order valence-corrected chi connectivity index (χ3v) is 3.71. The van der Waals surface area contributed by atoms with Crippen LogP contribution < -0.4 is 10.1 Å². The molecular formula is C15H21NO3. The first-order chi connectivity index (χ1) is 9.04.